The summed E-state index contributed by atoms with van der Waals surface area (Å²) in [6.45, 7) is 7.53. The van der Waals surface area contributed by atoms with E-state index in [9.17, 15) is 0 Å². The lowest BCUT2D eigenvalue weighted by molar-refractivity contribution is -0.0777. The van der Waals surface area contributed by atoms with Crippen molar-refractivity contribution >= 4 is 0 Å². The standard InChI is InChI=1S/C14H25N3O2/c1-4-18-14(8-6-5-7-9-14)13-16-12(19-17-13)10-15-11(2)3/h11,15H,4-10H2,1-3H3. The molecule has 1 fully saturated rings. The van der Waals surface area contributed by atoms with E-state index in [1.807, 2.05) is 6.92 Å². The first-order valence-corrected chi connectivity index (χ1v) is 7.37. The number of hydrogen-bond donors (Lipinski definition) is 1. The van der Waals surface area contributed by atoms with Gasteiger partial charge in [-0.1, -0.05) is 38.3 Å². The monoisotopic (exact) mass is 267 g/mol. The van der Waals surface area contributed by atoms with Crippen LogP contribution in [0.4, 0.5) is 0 Å². The van der Waals surface area contributed by atoms with Crippen molar-refractivity contribution in [1.82, 2.24) is 15.5 Å². The van der Waals surface area contributed by atoms with Crippen molar-refractivity contribution in [2.24, 2.45) is 0 Å². The highest BCUT2D eigenvalue weighted by molar-refractivity contribution is 5.03. The lowest BCUT2D eigenvalue weighted by Gasteiger charge is -2.33. The Morgan fingerprint density at radius 2 is 2.05 bits per heavy atom. The van der Waals surface area contributed by atoms with E-state index in [2.05, 4.69) is 29.3 Å². The van der Waals surface area contributed by atoms with E-state index < -0.39 is 0 Å². The molecule has 1 aromatic rings. The topological polar surface area (TPSA) is 60.2 Å². The molecule has 19 heavy (non-hydrogen) atoms. The van der Waals surface area contributed by atoms with Gasteiger partial charge in [-0.25, -0.2) is 0 Å². The van der Waals surface area contributed by atoms with Crippen LogP contribution in [0.2, 0.25) is 0 Å². The Bertz CT molecular complexity index is 378. The van der Waals surface area contributed by atoms with Crippen LogP contribution in [-0.2, 0) is 16.9 Å². The molecule has 1 heterocycles. The van der Waals surface area contributed by atoms with Gasteiger partial charge in [-0.15, -0.1) is 0 Å². The Balaban J connectivity index is 2.09. The molecule has 0 unspecified atom stereocenters. The van der Waals surface area contributed by atoms with Gasteiger partial charge in [0.25, 0.3) is 0 Å². The van der Waals surface area contributed by atoms with E-state index in [0.29, 0.717) is 25.1 Å². The third kappa shape index (κ3) is 3.54. The Kier molecular flexibility index (Phi) is 4.93. The van der Waals surface area contributed by atoms with Gasteiger partial charge in [0, 0.05) is 12.6 Å². The number of rotatable bonds is 6. The first-order valence-electron chi connectivity index (χ1n) is 7.37. The van der Waals surface area contributed by atoms with Gasteiger partial charge in [0.05, 0.1) is 6.54 Å². The van der Waals surface area contributed by atoms with Crippen LogP contribution in [0, 0.1) is 0 Å². The zero-order chi connectivity index (χ0) is 13.7. The quantitative estimate of drug-likeness (QED) is 0.858. The fourth-order valence-electron chi connectivity index (χ4n) is 2.63. The van der Waals surface area contributed by atoms with Crippen LogP contribution in [-0.4, -0.2) is 22.8 Å². The SMILES string of the molecule is CCOC1(c2noc(CNC(C)C)n2)CCCCC1. The Morgan fingerprint density at radius 1 is 1.32 bits per heavy atom. The second kappa shape index (κ2) is 6.48. The maximum atomic E-state index is 5.99. The fourth-order valence-corrected chi connectivity index (χ4v) is 2.63. The third-order valence-corrected chi connectivity index (χ3v) is 3.62. The van der Waals surface area contributed by atoms with Gasteiger partial charge >= 0.3 is 0 Å². The molecule has 0 radical (unpaired) electrons. The first-order chi connectivity index (χ1) is 9.16. The van der Waals surface area contributed by atoms with Gasteiger partial charge < -0.3 is 14.6 Å². The number of aromatic nitrogens is 2. The molecule has 5 nitrogen and oxygen atoms in total. The van der Waals surface area contributed by atoms with E-state index in [1.165, 1.54) is 19.3 Å². The van der Waals surface area contributed by atoms with Crippen molar-refractivity contribution in [3.05, 3.63) is 11.7 Å². The average Bonchev–Trinajstić information content (AvgIpc) is 2.87. The lowest BCUT2D eigenvalue weighted by Crippen LogP contribution is -2.33. The molecule has 0 aromatic carbocycles. The predicted molar refractivity (Wildman–Crippen MR) is 72.7 cm³/mol. The van der Waals surface area contributed by atoms with Gasteiger partial charge in [0.15, 0.2) is 0 Å². The van der Waals surface area contributed by atoms with Gasteiger partial charge in [-0.05, 0) is 19.8 Å². The van der Waals surface area contributed by atoms with Crippen LogP contribution in [0.1, 0.15) is 64.6 Å². The molecular formula is C14H25N3O2. The summed E-state index contributed by atoms with van der Waals surface area (Å²) in [5.74, 6) is 1.38. The molecular weight excluding hydrogens is 242 g/mol. The number of nitrogens with zero attached hydrogens (tertiary/aromatic N) is 2. The maximum Gasteiger partial charge on any atom is 0.240 e. The average molecular weight is 267 g/mol. The summed E-state index contributed by atoms with van der Waals surface area (Å²) < 4.78 is 11.3. The minimum atomic E-state index is -0.313. The van der Waals surface area contributed by atoms with E-state index in [-0.39, 0.29) is 5.60 Å². The molecule has 0 spiro atoms. The van der Waals surface area contributed by atoms with Crippen LogP contribution in [0.3, 0.4) is 0 Å². The number of hydrogen-bond acceptors (Lipinski definition) is 5. The first kappa shape index (κ1) is 14.5. The normalized spacial score (nSPS) is 18.9. The number of ether oxygens (including phenoxy) is 1. The third-order valence-electron chi connectivity index (χ3n) is 3.62. The summed E-state index contributed by atoms with van der Waals surface area (Å²) in [6, 6.07) is 0.408. The van der Waals surface area contributed by atoms with Crippen molar-refractivity contribution in [2.45, 2.75) is 71.1 Å². The summed E-state index contributed by atoms with van der Waals surface area (Å²) in [6.07, 6.45) is 5.62. The summed E-state index contributed by atoms with van der Waals surface area (Å²) in [5.41, 5.74) is -0.313. The van der Waals surface area contributed by atoms with Crippen molar-refractivity contribution in [3.63, 3.8) is 0 Å². The highest BCUT2D eigenvalue weighted by Gasteiger charge is 2.39. The van der Waals surface area contributed by atoms with Crippen LogP contribution >= 0.6 is 0 Å². The predicted octanol–water partition coefficient (Wildman–Crippen LogP) is 2.76. The van der Waals surface area contributed by atoms with Crippen LogP contribution < -0.4 is 5.32 Å². The van der Waals surface area contributed by atoms with Crippen molar-refractivity contribution in [3.8, 4) is 0 Å². The van der Waals surface area contributed by atoms with Gasteiger partial charge in [0.1, 0.15) is 5.60 Å². The summed E-state index contributed by atoms with van der Waals surface area (Å²) in [5, 5.41) is 7.44. The Hall–Kier alpha value is -0.940. The minimum absolute atomic E-state index is 0.313. The van der Waals surface area contributed by atoms with E-state index >= 15 is 0 Å². The summed E-state index contributed by atoms with van der Waals surface area (Å²) in [4.78, 5) is 4.53. The zero-order valence-corrected chi connectivity index (χ0v) is 12.2. The largest absolute Gasteiger partial charge is 0.367 e. The smallest absolute Gasteiger partial charge is 0.240 e. The molecule has 1 aromatic heterocycles. The molecule has 108 valence electrons. The van der Waals surface area contributed by atoms with E-state index in [4.69, 9.17) is 9.26 Å². The summed E-state index contributed by atoms with van der Waals surface area (Å²) >= 11 is 0. The minimum Gasteiger partial charge on any atom is -0.367 e. The van der Waals surface area contributed by atoms with Crippen molar-refractivity contribution in [2.75, 3.05) is 6.61 Å². The van der Waals surface area contributed by atoms with Crippen molar-refractivity contribution in [1.29, 1.82) is 0 Å². The lowest BCUT2D eigenvalue weighted by atomic mass is 9.84. The fraction of sp³-hybridized carbons (Fsp3) is 0.857. The Morgan fingerprint density at radius 3 is 2.68 bits per heavy atom. The molecule has 1 aliphatic carbocycles. The molecule has 0 aliphatic heterocycles. The molecule has 0 saturated heterocycles. The van der Waals surface area contributed by atoms with Crippen LogP contribution in [0.5, 0.6) is 0 Å². The van der Waals surface area contributed by atoms with Gasteiger partial charge in [-0.3, -0.25) is 0 Å². The van der Waals surface area contributed by atoms with Crippen molar-refractivity contribution < 1.29 is 9.26 Å². The molecule has 2 rings (SSSR count). The highest BCUT2D eigenvalue weighted by Crippen LogP contribution is 2.38. The molecule has 1 saturated carbocycles. The second-order valence-electron chi connectivity index (χ2n) is 5.54. The molecule has 0 atom stereocenters. The van der Waals surface area contributed by atoms with Gasteiger partial charge in [0.2, 0.25) is 11.7 Å². The Labute approximate surface area is 115 Å². The van der Waals surface area contributed by atoms with E-state index in [0.717, 1.165) is 18.7 Å². The highest BCUT2D eigenvalue weighted by atomic mass is 16.5. The molecule has 1 N–H and O–H groups in total. The number of nitrogens with one attached hydrogen (secondary N) is 1. The van der Waals surface area contributed by atoms with E-state index in [1.54, 1.807) is 0 Å². The van der Waals surface area contributed by atoms with Crippen LogP contribution in [0.15, 0.2) is 4.52 Å². The molecule has 5 heteroatoms. The van der Waals surface area contributed by atoms with Crippen LogP contribution in [0.25, 0.3) is 0 Å². The summed E-state index contributed by atoms with van der Waals surface area (Å²) in [7, 11) is 0. The molecule has 1 aliphatic rings. The van der Waals surface area contributed by atoms with Gasteiger partial charge in [-0.2, -0.15) is 4.98 Å². The molecule has 0 amide bonds. The maximum absolute atomic E-state index is 5.99. The zero-order valence-electron chi connectivity index (χ0n) is 12.2. The molecule has 0 bridgehead atoms. The second-order valence-corrected chi connectivity index (χ2v) is 5.54.